The highest BCUT2D eigenvalue weighted by Crippen LogP contribution is 2.35. The van der Waals surface area contributed by atoms with Crippen LogP contribution < -0.4 is 0 Å². The van der Waals surface area contributed by atoms with E-state index in [2.05, 4.69) is 0 Å². The van der Waals surface area contributed by atoms with E-state index >= 15 is 0 Å². The zero-order chi connectivity index (χ0) is 20.3. The minimum absolute atomic E-state index is 0.00904. The Bertz CT molecular complexity index is 966. The lowest BCUT2D eigenvalue weighted by Crippen LogP contribution is -2.26. The summed E-state index contributed by atoms with van der Waals surface area (Å²) in [7, 11) is -4.02. The third kappa shape index (κ3) is 4.44. The average molecular weight is 430 g/mol. The highest BCUT2D eigenvalue weighted by atomic mass is 35.5. The van der Waals surface area contributed by atoms with E-state index < -0.39 is 32.8 Å². The van der Waals surface area contributed by atoms with E-state index in [9.17, 15) is 22.0 Å². The van der Waals surface area contributed by atoms with Gasteiger partial charge in [-0.3, -0.25) is 0 Å². The van der Waals surface area contributed by atoms with Crippen molar-refractivity contribution in [2.24, 2.45) is 0 Å². The molecule has 9 heteroatoms. The van der Waals surface area contributed by atoms with Gasteiger partial charge in [0.1, 0.15) is 18.2 Å². The molecule has 2 aromatic carbocycles. The maximum Gasteiger partial charge on any atom is 0.409 e. The van der Waals surface area contributed by atoms with Crippen LogP contribution in [0.1, 0.15) is 23.7 Å². The minimum Gasteiger partial charge on any atom is -0.448 e. The van der Waals surface area contributed by atoms with Crippen LogP contribution in [-0.2, 0) is 14.6 Å². The molecule has 1 aliphatic heterocycles. The number of sulfone groups is 1. The number of halogens is 3. The molecule has 1 saturated heterocycles. The van der Waals surface area contributed by atoms with Gasteiger partial charge in [0.05, 0.1) is 16.7 Å². The SMILES string of the molecule is O=C1OCCN1CCCC(c1cc(F)ccc1F)S(=O)(=O)c1ccc(Cl)cc1. The summed E-state index contributed by atoms with van der Waals surface area (Å²) in [5.41, 5.74) is -0.237. The lowest BCUT2D eigenvalue weighted by molar-refractivity contribution is 0.158. The van der Waals surface area contributed by atoms with E-state index in [1.165, 1.54) is 29.2 Å². The number of carbonyl (C=O) groups excluding carboxylic acids is 1. The van der Waals surface area contributed by atoms with Gasteiger partial charge in [-0.15, -0.1) is 0 Å². The molecule has 1 amide bonds. The van der Waals surface area contributed by atoms with Crippen molar-refractivity contribution in [1.29, 1.82) is 0 Å². The summed E-state index contributed by atoms with van der Waals surface area (Å²) in [6.07, 6.45) is -0.175. The molecule has 150 valence electrons. The Kier molecular flexibility index (Phi) is 6.20. The van der Waals surface area contributed by atoms with Gasteiger partial charge in [-0.1, -0.05) is 11.6 Å². The standard InChI is InChI=1S/C19H18ClF2NO4S/c20-13-3-6-15(7-4-13)28(25,26)18(16-12-14(21)5-8-17(16)22)2-1-9-23-10-11-27-19(23)24/h3-8,12,18H,1-2,9-11H2. The molecule has 0 aliphatic carbocycles. The smallest absolute Gasteiger partial charge is 0.409 e. The Hall–Kier alpha value is -2.19. The molecule has 1 aliphatic rings. The Morgan fingerprint density at radius 2 is 1.86 bits per heavy atom. The van der Waals surface area contributed by atoms with Crippen molar-refractivity contribution in [2.45, 2.75) is 23.0 Å². The summed E-state index contributed by atoms with van der Waals surface area (Å²) in [4.78, 5) is 12.9. The fourth-order valence-corrected chi connectivity index (χ4v) is 5.09. The quantitative estimate of drug-likeness (QED) is 0.655. The number of hydrogen-bond acceptors (Lipinski definition) is 4. The molecule has 0 aromatic heterocycles. The lowest BCUT2D eigenvalue weighted by atomic mass is 10.1. The third-order valence-corrected chi connectivity index (χ3v) is 6.98. The summed E-state index contributed by atoms with van der Waals surface area (Å²) in [5, 5.41) is -0.942. The molecule has 5 nitrogen and oxygen atoms in total. The first-order valence-electron chi connectivity index (χ1n) is 8.65. The topological polar surface area (TPSA) is 63.7 Å². The van der Waals surface area contributed by atoms with Gasteiger partial charge in [0, 0.05) is 17.1 Å². The van der Waals surface area contributed by atoms with Crippen molar-refractivity contribution in [2.75, 3.05) is 19.7 Å². The fourth-order valence-electron chi connectivity index (χ4n) is 3.12. The second-order valence-corrected chi connectivity index (χ2v) is 8.96. The van der Waals surface area contributed by atoms with E-state index in [1.54, 1.807) is 0 Å². The first-order chi connectivity index (χ1) is 13.3. The van der Waals surface area contributed by atoms with Crippen LogP contribution in [-0.4, -0.2) is 39.1 Å². The van der Waals surface area contributed by atoms with Crippen LogP contribution in [0.25, 0.3) is 0 Å². The second-order valence-electron chi connectivity index (χ2n) is 6.40. The predicted molar refractivity (Wildman–Crippen MR) is 99.9 cm³/mol. The van der Waals surface area contributed by atoms with E-state index in [0.717, 1.165) is 18.2 Å². The first-order valence-corrected chi connectivity index (χ1v) is 10.6. The van der Waals surface area contributed by atoms with Gasteiger partial charge in [0.2, 0.25) is 0 Å². The maximum atomic E-state index is 14.4. The molecular weight excluding hydrogens is 412 g/mol. The monoisotopic (exact) mass is 429 g/mol. The number of hydrogen-bond donors (Lipinski definition) is 0. The number of nitrogens with zero attached hydrogens (tertiary/aromatic N) is 1. The molecule has 0 saturated carbocycles. The number of benzene rings is 2. The van der Waals surface area contributed by atoms with Gasteiger partial charge in [-0.25, -0.2) is 22.0 Å². The molecule has 1 heterocycles. The largest absolute Gasteiger partial charge is 0.448 e. The summed E-state index contributed by atoms with van der Waals surface area (Å²) in [6.45, 7) is 0.966. The minimum atomic E-state index is -4.02. The van der Waals surface area contributed by atoms with Crippen molar-refractivity contribution in [3.63, 3.8) is 0 Å². The Morgan fingerprint density at radius 1 is 1.14 bits per heavy atom. The van der Waals surface area contributed by atoms with Crippen LogP contribution in [0.2, 0.25) is 5.02 Å². The summed E-state index contributed by atoms with van der Waals surface area (Å²) in [5.74, 6) is -1.53. The molecule has 28 heavy (non-hydrogen) atoms. The van der Waals surface area contributed by atoms with Gasteiger partial charge in [-0.05, 0) is 55.3 Å². The summed E-state index contributed by atoms with van der Waals surface area (Å²) < 4.78 is 59.3. The highest BCUT2D eigenvalue weighted by molar-refractivity contribution is 7.91. The predicted octanol–water partition coefficient (Wildman–Crippen LogP) is 4.37. The second kappa shape index (κ2) is 8.45. The fraction of sp³-hybridized carbons (Fsp3) is 0.316. The molecule has 0 N–H and O–H groups in total. The van der Waals surface area contributed by atoms with Gasteiger partial charge >= 0.3 is 6.09 Å². The molecular formula is C19H18ClF2NO4S. The van der Waals surface area contributed by atoms with E-state index in [4.69, 9.17) is 16.3 Å². The summed E-state index contributed by atoms with van der Waals surface area (Å²) in [6, 6.07) is 8.26. The molecule has 2 aromatic rings. The number of carbonyl (C=O) groups is 1. The van der Waals surface area contributed by atoms with E-state index in [1.807, 2.05) is 0 Å². The van der Waals surface area contributed by atoms with Crippen LogP contribution >= 0.6 is 11.6 Å². The number of amides is 1. The molecule has 3 rings (SSSR count). The average Bonchev–Trinajstić information content (AvgIpc) is 3.06. The maximum absolute atomic E-state index is 14.4. The van der Waals surface area contributed by atoms with Gasteiger partial charge in [0.15, 0.2) is 9.84 Å². The Labute approximate surface area is 166 Å². The van der Waals surface area contributed by atoms with Crippen molar-refractivity contribution >= 4 is 27.5 Å². The first kappa shape index (κ1) is 20.5. The summed E-state index contributed by atoms with van der Waals surface area (Å²) >= 11 is 5.82. The van der Waals surface area contributed by atoms with Gasteiger partial charge < -0.3 is 9.64 Å². The zero-order valence-corrected chi connectivity index (χ0v) is 16.3. The molecule has 0 spiro atoms. The van der Waals surface area contributed by atoms with E-state index in [-0.39, 0.29) is 36.5 Å². The molecule has 0 radical (unpaired) electrons. The number of cyclic esters (lactones) is 1. The van der Waals surface area contributed by atoms with Crippen LogP contribution in [0.3, 0.4) is 0 Å². The number of ether oxygens (including phenoxy) is 1. The van der Waals surface area contributed by atoms with Gasteiger partial charge in [-0.2, -0.15) is 0 Å². The third-order valence-electron chi connectivity index (χ3n) is 4.56. The van der Waals surface area contributed by atoms with Crippen LogP contribution in [0.15, 0.2) is 47.4 Å². The van der Waals surface area contributed by atoms with Crippen molar-refractivity contribution < 1.29 is 26.7 Å². The van der Waals surface area contributed by atoms with Crippen molar-refractivity contribution in [1.82, 2.24) is 4.90 Å². The molecule has 0 bridgehead atoms. The molecule has 1 atom stereocenters. The molecule has 1 fully saturated rings. The van der Waals surface area contributed by atoms with Crippen molar-refractivity contribution in [3.8, 4) is 0 Å². The Morgan fingerprint density at radius 3 is 2.50 bits per heavy atom. The number of rotatable bonds is 7. The van der Waals surface area contributed by atoms with Gasteiger partial charge in [0.25, 0.3) is 0 Å². The van der Waals surface area contributed by atoms with Crippen molar-refractivity contribution in [3.05, 3.63) is 64.7 Å². The lowest BCUT2D eigenvalue weighted by Gasteiger charge is -2.20. The van der Waals surface area contributed by atoms with Crippen LogP contribution in [0.5, 0.6) is 0 Å². The zero-order valence-electron chi connectivity index (χ0n) is 14.8. The Balaban J connectivity index is 1.90. The molecule has 1 unspecified atom stereocenters. The van der Waals surface area contributed by atoms with Crippen LogP contribution in [0.4, 0.5) is 13.6 Å². The van der Waals surface area contributed by atoms with E-state index in [0.29, 0.717) is 11.6 Å². The highest BCUT2D eigenvalue weighted by Gasteiger charge is 2.32. The van der Waals surface area contributed by atoms with Crippen LogP contribution in [0, 0.1) is 11.6 Å². The normalized spacial score (nSPS) is 15.5.